The topological polar surface area (TPSA) is 12.0 Å². The first-order valence-electron chi connectivity index (χ1n) is 7.07. The lowest BCUT2D eigenvalue weighted by molar-refractivity contribution is 0.490. The minimum absolute atomic E-state index is 0.257. The first-order chi connectivity index (χ1) is 9.70. The molecule has 1 aliphatic rings. The number of hydrogen-bond donors (Lipinski definition) is 1. The summed E-state index contributed by atoms with van der Waals surface area (Å²) < 4.78 is 26.8. The second-order valence-electron chi connectivity index (χ2n) is 4.98. The van der Waals surface area contributed by atoms with E-state index >= 15 is 0 Å². The fourth-order valence-electron chi connectivity index (χ4n) is 2.33. The highest BCUT2D eigenvalue weighted by molar-refractivity contribution is 8.06. The van der Waals surface area contributed by atoms with Crippen molar-refractivity contribution in [3.05, 3.63) is 35.4 Å². The first kappa shape index (κ1) is 16.1. The van der Waals surface area contributed by atoms with Crippen LogP contribution in [0.2, 0.25) is 0 Å². The lowest BCUT2D eigenvalue weighted by atomic mass is 10.0. The highest BCUT2D eigenvalue weighted by atomic mass is 32.2. The summed E-state index contributed by atoms with van der Waals surface area (Å²) in [5.41, 5.74) is 0.608. The van der Waals surface area contributed by atoms with Gasteiger partial charge in [0.15, 0.2) is 0 Å². The molecule has 1 heterocycles. The van der Waals surface area contributed by atoms with Crippen molar-refractivity contribution in [3.63, 3.8) is 0 Å². The summed E-state index contributed by atoms with van der Waals surface area (Å²) in [6.45, 7) is 3.07. The quantitative estimate of drug-likeness (QED) is 0.859. The molecule has 1 N–H and O–H groups in total. The number of hydrogen-bond acceptors (Lipinski definition) is 3. The van der Waals surface area contributed by atoms with Gasteiger partial charge in [0.05, 0.1) is 0 Å². The Balaban J connectivity index is 2.05. The molecular formula is C15H21F2NS2. The van der Waals surface area contributed by atoms with Crippen molar-refractivity contribution in [2.45, 2.75) is 31.1 Å². The van der Waals surface area contributed by atoms with Crippen LogP contribution in [-0.2, 0) is 6.42 Å². The van der Waals surface area contributed by atoms with E-state index in [0.717, 1.165) is 30.5 Å². The molecule has 1 aromatic carbocycles. The molecule has 0 aliphatic carbocycles. The maximum absolute atomic E-state index is 13.8. The van der Waals surface area contributed by atoms with Gasteiger partial charge < -0.3 is 5.32 Å². The molecule has 1 fully saturated rings. The fourth-order valence-corrected chi connectivity index (χ4v) is 5.22. The normalized spacial score (nSPS) is 20.9. The lowest BCUT2D eigenvalue weighted by Crippen LogP contribution is -2.43. The van der Waals surface area contributed by atoms with Gasteiger partial charge in [-0.05, 0) is 31.0 Å². The summed E-state index contributed by atoms with van der Waals surface area (Å²) in [7, 11) is 0. The third kappa shape index (κ3) is 4.64. The van der Waals surface area contributed by atoms with Crippen LogP contribution in [0.3, 0.4) is 0 Å². The smallest absolute Gasteiger partial charge is 0.129 e. The molecular weight excluding hydrogens is 296 g/mol. The molecule has 0 saturated carbocycles. The van der Waals surface area contributed by atoms with Crippen molar-refractivity contribution in [1.82, 2.24) is 5.32 Å². The van der Waals surface area contributed by atoms with E-state index in [0.29, 0.717) is 17.2 Å². The van der Waals surface area contributed by atoms with Gasteiger partial charge in [-0.1, -0.05) is 13.0 Å². The number of nitrogens with one attached hydrogen (secondary N) is 1. The van der Waals surface area contributed by atoms with E-state index in [1.807, 2.05) is 23.5 Å². The van der Waals surface area contributed by atoms with E-state index in [4.69, 9.17) is 0 Å². The Bertz CT molecular complexity index is 422. The molecule has 1 aliphatic heterocycles. The van der Waals surface area contributed by atoms with Crippen LogP contribution in [-0.4, -0.2) is 35.1 Å². The molecule has 2 unspecified atom stereocenters. The highest BCUT2D eigenvalue weighted by Gasteiger charge is 2.25. The Morgan fingerprint density at radius 1 is 1.35 bits per heavy atom. The molecule has 0 bridgehead atoms. The van der Waals surface area contributed by atoms with Crippen molar-refractivity contribution >= 4 is 23.5 Å². The zero-order valence-corrected chi connectivity index (χ0v) is 13.3. The molecule has 5 heteroatoms. The van der Waals surface area contributed by atoms with Gasteiger partial charge in [-0.15, -0.1) is 0 Å². The Morgan fingerprint density at radius 2 is 2.20 bits per heavy atom. The SMILES string of the molecule is CCCNC(Cc1ccc(F)cc1F)C1CSCCS1. The largest absolute Gasteiger partial charge is 0.313 e. The van der Waals surface area contributed by atoms with Crippen LogP contribution in [0.15, 0.2) is 18.2 Å². The van der Waals surface area contributed by atoms with Crippen molar-refractivity contribution in [2.24, 2.45) is 0 Å². The molecule has 1 aromatic rings. The van der Waals surface area contributed by atoms with Gasteiger partial charge in [0.25, 0.3) is 0 Å². The summed E-state index contributed by atoms with van der Waals surface area (Å²) in [5.74, 6) is 2.53. The van der Waals surface area contributed by atoms with E-state index < -0.39 is 11.6 Å². The van der Waals surface area contributed by atoms with Crippen molar-refractivity contribution in [2.75, 3.05) is 23.8 Å². The van der Waals surface area contributed by atoms with E-state index in [2.05, 4.69) is 12.2 Å². The predicted octanol–water partition coefficient (Wildman–Crippen LogP) is 3.72. The van der Waals surface area contributed by atoms with Crippen LogP contribution in [0.25, 0.3) is 0 Å². The summed E-state index contributed by atoms with van der Waals surface area (Å²) >= 11 is 3.94. The zero-order valence-electron chi connectivity index (χ0n) is 11.7. The molecule has 0 amide bonds. The molecule has 0 radical (unpaired) electrons. The monoisotopic (exact) mass is 317 g/mol. The Morgan fingerprint density at radius 3 is 2.85 bits per heavy atom. The van der Waals surface area contributed by atoms with Crippen molar-refractivity contribution < 1.29 is 8.78 Å². The average molecular weight is 317 g/mol. The number of thioether (sulfide) groups is 2. The molecule has 2 atom stereocenters. The molecule has 2 rings (SSSR count). The number of benzene rings is 1. The fraction of sp³-hybridized carbons (Fsp3) is 0.600. The van der Waals surface area contributed by atoms with Gasteiger partial charge in [-0.3, -0.25) is 0 Å². The second kappa shape index (κ2) is 8.25. The summed E-state index contributed by atoms with van der Waals surface area (Å²) in [6, 6.07) is 4.16. The second-order valence-corrected chi connectivity index (χ2v) is 7.48. The van der Waals surface area contributed by atoms with Gasteiger partial charge >= 0.3 is 0 Å². The van der Waals surface area contributed by atoms with Gasteiger partial charge in [-0.2, -0.15) is 23.5 Å². The lowest BCUT2D eigenvalue weighted by Gasteiger charge is -2.30. The Kier molecular flexibility index (Phi) is 6.65. The summed E-state index contributed by atoms with van der Waals surface area (Å²) in [5, 5.41) is 4.04. The van der Waals surface area contributed by atoms with E-state index in [1.54, 1.807) is 6.07 Å². The third-order valence-electron chi connectivity index (χ3n) is 3.40. The van der Waals surface area contributed by atoms with Crippen LogP contribution in [0, 0.1) is 11.6 Å². The molecule has 20 heavy (non-hydrogen) atoms. The Hall–Kier alpha value is -0.260. The number of rotatable bonds is 6. The summed E-state index contributed by atoms with van der Waals surface area (Å²) in [6.07, 6.45) is 1.69. The first-order valence-corrected chi connectivity index (χ1v) is 9.27. The zero-order chi connectivity index (χ0) is 14.4. The molecule has 112 valence electrons. The minimum atomic E-state index is -0.507. The predicted molar refractivity (Wildman–Crippen MR) is 85.7 cm³/mol. The van der Waals surface area contributed by atoms with Gasteiger partial charge in [-0.25, -0.2) is 8.78 Å². The van der Waals surface area contributed by atoms with E-state index in [1.165, 1.54) is 11.8 Å². The minimum Gasteiger partial charge on any atom is -0.313 e. The van der Waals surface area contributed by atoms with Crippen LogP contribution in [0.5, 0.6) is 0 Å². The van der Waals surface area contributed by atoms with Crippen LogP contribution in [0.4, 0.5) is 8.78 Å². The molecule has 1 saturated heterocycles. The van der Waals surface area contributed by atoms with E-state index in [-0.39, 0.29) is 6.04 Å². The van der Waals surface area contributed by atoms with E-state index in [9.17, 15) is 8.78 Å². The standard InChI is InChI=1S/C15H21F2NS2/c1-2-5-18-14(15-10-19-6-7-20-15)8-11-3-4-12(16)9-13(11)17/h3-4,9,14-15,18H,2,5-8,10H2,1H3. The van der Waals surface area contributed by atoms with Gasteiger partial charge in [0.1, 0.15) is 11.6 Å². The van der Waals surface area contributed by atoms with Crippen LogP contribution in [0.1, 0.15) is 18.9 Å². The highest BCUT2D eigenvalue weighted by Crippen LogP contribution is 2.28. The van der Waals surface area contributed by atoms with Crippen LogP contribution < -0.4 is 5.32 Å². The van der Waals surface area contributed by atoms with Crippen LogP contribution >= 0.6 is 23.5 Å². The third-order valence-corrected chi connectivity index (χ3v) is 6.32. The van der Waals surface area contributed by atoms with Gasteiger partial charge in [0.2, 0.25) is 0 Å². The molecule has 1 nitrogen and oxygen atoms in total. The van der Waals surface area contributed by atoms with Crippen molar-refractivity contribution in [3.8, 4) is 0 Å². The molecule has 0 aromatic heterocycles. The maximum atomic E-state index is 13.8. The molecule has 0 spiro atoms. The average Bonchev–Trinajstić information content (AvgIpc) is 2.46. The Labute approximate surface area is 128 Å². The maximum Gasteiger partial charge on any atom is 0.129 e. The number of halogens is 2. The van der Waals surface area contributed by atoms with Gasteiger partial charge in [0, 0.05) is 34.6 Å². The summed E-state index contributed by atoms with van der Waals surface area (Å²) in [4.78, 5) is 0. The van der Waals surface area contributed by atoms with Crippen molar-refractivity contribution in [1.29, 1.82) is 0 Å².